The van der Waals surface area contributed by atoms with E-state index in [9.17, 15) is 9.59 Å². The maximum Gasteiger partial charge on any atom is 0.243 e. The molecular weight excluding hydrogens is 332 g/mol. The molecular formula is C20H22N2O4. The predicted molar refractivity (Wildman–Crippen MR) is 98.5 cm³/mol. The summed E-state index contributed by atoms with van der Waals surface area (Å²) in [5.74, 6) is 0.863. The third-order valence-corrected chi connectivity index (χ3v) is 4.56. The van der Waals surface area contributed by atoms with Gasteiger partial charge in [0.25, 0.3) is 0 Å². The standard InChI is InChI=1S/C20H22N2O4/c1-13(23)22-16-9-5-4-7-14(16)11-17(22)20(24)21-12-15-8-6-10-18(25-2)19(15)26-3/h4-10,17H,11-12H2,1-3H3,(H,21,24)/t17-/m1/s1. The Morgan fingerprint density at radius 1 is 1.12 bits per heavy atom. The smallest absolute Gasteiger partial charge is 0.243 e. The Morgan fingerprint density at radius 2 is 1.88 bits per heavy atom. The molecule has 0 fully saturated rings. The van der Waals surface area contributed by atoms with E-state index in [1.807, 2.05) is 36.4 Å². The van der Waals surface area contributed by atoms with Crippen LogP contribution < -0.4 is 19.7 Å². The summed E-state index contributed by atoms with van der Waals surface area (Å²) in [6, 6.07) is 12.6. The number of hydrogen-bond acceptors (Lipinski definition) is 4. The molecule has 1 N–H and O–H groups in total. The van der Waals surface area contributed by atoms with E-state index in [0.717, 1.165) is 16.8 Å². The molecule has 2 aromatic carbocycles. The van der Waals surface area contributed by atoms with Gasteiger partial charge in [-0.25, -0.2) is 0 Å². The molecule has 2 aromatic rings. The van der Waals surface area contributed by atoms with Crippen molar-refractivity contribution in [2.75, 3.05) is 19.1 Å². The molecule has 0 unspecified atom stereocenters. The number of fused-ring (bicyclic) bond motifs is 1. The number of anilines is 1. The topological polar surface area (TPSA) is 67.9 Å². The fourth-order valence-electron chi connectivity index (χ4n) is 3.38. The summed E-state index contributed by atoms with van der Waals surface area (Å²) in [5.41, 5.74) is 2.62. The van der Waals surface area contributed by atoms with Crippen molar-refractivity contribution in [3.63, 3.8) is 0 Å². The highest BCUT2D eigenvalue weighted by Gasteiger charge is 2.36. The summed E-state index contributed by atoms with van der Waals surface area (Å²) in [7, 11) is 3.13. The molecule has 6 nitrogen and oxygen atoms in total. The van der Waals surface area contributed by atoms with Gasteiger partial charge in [0.05, 0.1) is 14.2 Å². The minimum absolute atomic E-state index is 0.144. The minimum Gasteiger partial charge on any atom is -0.493 e. The Bertz CT molecular complexity index is 834. The number of para-hydroxylation sites is 2. The molecule has 1 aliphatic heterocycles. The molecule has 0 saturated heterocycles. The molecule has 6 heteroatoms. The lowest BCUT2D eigenvalue weighted by Gasteiger charge is -2.23. The highest BCUT2D eigenvalue weighted by atomic mass is 16.5. The average molecular weight is 354 g/mol. The number of rotatable bonds is 5. The highest BCUT2D eigenvalue weighted by molar-refractivity contribution is 6.02. The summed E-state index contributed by atoms with van der Waals surface area (Å²) < 4.78 is 10.7. The van der Waals surface area contributed by atoms with E-state index >= 15 is 0 Å². The van der Waals surface area contributed by atoms with Crippen LogP contribution in [0, 0.1) is 0 Å². The van der Waals surface area contributed by atoms with Gasteiger partial charge in [-0.3, -0.25) is 14.5 Å². The molecule has 1 aliphatic rings. The van der Waals surface area contributed by atoms with Crippen LogP contribution in [0.3, 0.4) is 0 Å². The van der Waals surface area contributed by atoms with Crippen molar-refractivity contribution in [3.8, 4) is 11.5 Å². The van der Waals surface area contributed by atoms with E-state index in [2.05, 4.69) is 5.32 Å². The number of ether oxygens (including phenoxy) is 2. The van der Waals surface area contributed by atoms with Crippen molar-refractivity contribution < 1.29 is 19.1 Å². The molecule has 0 radical (unpaired) electrons. The van der Waals surface area contributed by atoms with Crippen LogP contribution in [0.5, 0.6) is 11.5 Å². The first-order chi connectivity index (χ1) is 12.6. The van der Waals surface area contributed by atoms with Gasteiger partial charge in [-0.05, 0) is 17.7 Å². The molecule has 0 aliphatic carbocycles. The molecule has 26 heavy (non-hydrogen) atoms. The van der Waals surface area contributed by atoms with Crippen LogP contribution in [0.1, 0.15) is 18.1 Å². The molecule has 0 aromatic heterocycles. The Labute approximate surface area is 152 Å². The molecule has 136 valence electrons. The first kappa shape index (κ1) is 17.8. The fraction of sp³-hybridized carbons (Fsp3) is 0.300. The maximum absolute atomic E-state index is 12.8. The highest BCUT2D eigenvalue weighted by Crippen LogP contribution is 2.33. The second-order valence-corrected chi connectivity index (χ2v) is 6.11. The second kappa shape index (κ2) is 7.47. The first-order valence-electron chi connectivity index (χ1n) is 8.42. The Morgan fingerprint density at radius 3 is 2.58 bits per heavy atom. The number of carbonyl (C=O) groups is 2. The quantitative estimate of drug-likeness (QED) is 0.895. The van der Waals surface area contributed by atoms with E-state index in [1.54, 1.807) is 25.2 Å². The van der Waals surface area contributed by atoms with Crippen LogP contribution in [0.2, 0.25) is 0 Å². The maximum atomic E-state index is 12.8. The van der Waals surface area contributed by atoms with Crippen molar-refractivity contribution in [2.45, 2.75) is 25.9 Å². The monoisotopic (exact) mass is 354 g/mol. The van der Waals surface area contributed by atoms with Gasteiger partial charge in [-0.2, -0.15) is 0 Å². The van der Waals surface area contributed by atoms with Crippen molar-refractivity contribution >= 4 is 17.5 Å². The van der Waals surface area contributed by atoms with Crippen LogP contribution in [-0.2, 0) is 22.6 Å². The Balaban J connectivity index is 1.76. The molecule has 1 atom stereocenters. The van der Waals surface area contributed by atoms with Gasteiger partial charge >= 0.3 is 0 Å². The predicted octanol–water partition coefficient (Wildman–Crippen LogP) is 2.30. The van der Waals surface area contributed by atoms with Crippen LogP contribution >= 0.6 is 0 Å². The van der Waals surface area contributed by atoms with Gasteiger partial charge in [0, 0.05) is 31.1 Å². The molecule has 0 bridgehead atoms. The van der Waals surface area contributed by atoms with Gasteiger partial charge in [0.15, 0.2) is 11.5 Å². The van der Waals surface area contributed by atoms with Crippen molar-refractivity contribution in [3.05, 3.63) is 53.6 Å². The van der Waals surface area contributed by atoms with E-state index < -0.39 is 6.04 Å². The summed E-state index contributed by atoms with van der Waals surface area (Å²) >= 11 is 0. The van der Waals surface area contributed by atoms with Crippen molar-refractivity contribution in [1.29, 1.82) is 0 Å². The number of nitrogens with one attached hydrogen (secondary N) is 1. The number of amides is 2. The summed E-state index contributed by atoms with van der Waals surface area (Å²) in [6.45, 7) is 1.77. The van der Waals surface area contributed by atoms with Crippen molar-refractivity contribution in [2.24, 2.45) is 0 Å². The third kappa shape index (κ3) is 3.22. The molecule has 0 saturated carbocycles. The summed E-state index contributed by atoms with van der Waals surface area (Å²) in [5, 5.41) is 2.92. The van der Waals surface area contributed by atoms with Gasteiger partial charge < -0.3 is 14.8 Å². The van der Waals surface area contributed by atoms with E-state index in [0.29, 0.717) is 17.9 Å². The SMILES string of the molecule is COc1cccc(CNC(=O)[C@H]2Cc3ccccc3N2C(C)=O)c1OC. The van der Waals surface area contributed by atoms with E-state index in [1.165, 1.54) is 6.92 Å². The first-order valence-corrected chi connectivity index (χ1v) is 8.42. The minimum atomic E-state index is -0.540. The Kier molecular flexibility index (Phi) is 5.11. The summed E-state index contributed by atoms with van der Waals surface area (Å²) in [6.07, 6.45) is 0.511. The fourth-order valence-corrected chi connectivity index (χ4v) is 3.38. The average Bonchev–Trinajstić information content (AvgIpc) is 3.05. The number of benzene rings is 2. The lowest BCUT2D eigenvalue weighted by molar-refractivity contribution is -0.125. The normalized spacial score (nSPS) is 15.3. The lowest BCUT2D eigenvalue weighted by atomic mass is 10.1. The van der Waals surface area contributed by atoms with Crippen LogP contribution in [0.25, 0.3) is 0 Å². The second-order valence-electron chi connectivity index (χ2n) is 6.11. The zero-order valence-corrected chi connectivity index (χ0v) is 15.1. The number of hydrogen-bond donors (Lipinski definition) is 1. The molecule has 0 spiro atoms. The number of methoxy groups -OCH3 is 2. The molecule has 3 rings (SSSR count). The van der Waals surface area contributed by atoms with Gasteiger partial charge in [-0.1, -0.05) is 30.3 Å². The number of carbonyl (C=O) groups excluding carboxylic acids is 2. The molecule has 2 amide bonds. The Hall–Kier alpha value is -3.02. The zero-order valence-electron chi connectivity index (χ0n) is 15.1. The summed E-state index contributed by atoms with van der Waals surface area (Å²) in [4.78, 5) is 26.4. The number of nitrogens with zero attached hydrogens (tertiary/aromatic N) is 1. The van der Waals surface area contributed by atoms with E-state index in [4.69, 9.17) is 9.47 Å². The van der Waals surface area contributed by atoms with Crippen LogP contribution in [0.4, 0.5) is 5.69 Å². The zero-order chi connectivity index (χ0) is 18.7. The van der Waals surface area contributed by atoms with E-state index in [-0.39, 0.29) is 18.4 Å². The van der Waals surface area contributed by atoms with Crippen LogP contribution in [0.15, 0.2) is 42.5 Å². The van der Waals surface area contributed by atoms with Gasteiger partial charge in [-0.15, -0.1) is 0 Å². The van der Waals surface area contributed by atoms with Gasteiger partial charge in [0.2, 0.25) is 11.8 Å². The van der Waals surface area contributed by atoms with Crippen molar-refractivity contribution in [1.82, 2.24) is 5.32 Å². The lowest BCUT2D eigenvalue weighted by Crippen LogP contribution is -2.47. The third-order valence-electron chi connectivity index (χ3n) is 4.56. The molecule has 1 heterocycles. The van der Waals surface area contributed by atoms with Gasteiger partial charge in [0.1, 0.15) is 6.04 Å². The van der Waals surface area contributed by atoms with Crippen LogP contribution in [-0.4, -0.2) is 32.1 Å². The largest absolute Gasteiger partial charge is 0.493 e.